The molecule has 0 amide bonds. The Morgan fingerprint density at radius 1 is 1.40 bits per heavy atom. The molecule has 7 nitrogen and oxygen atoms in total. The standard InChI is InChI=1S/C12H16BrN5O2/c1-20-8-7-18-12(19)11(13)10(9-16-18)14-4-6-17-5-2-3-15-17/h2-3,5,9,14H,4,6-8H2,1H3. The van der Waals surface area contributed by atoms with E-state index < -0.39 is 0 Å². The molecule has 0 radical (unpaired) electrons. The van der Waals surface area contributed by atoms with Crippen LogP contribution in [-0.2, 0) is 17.8 Å². The van der Waals surface area contributed by atoms with E-state index in [0.717, 1.165) is 0 Å². The highest BCUT2D eigenvalue weighted by molar-refractivity contribution is 9.10. The van der Waals surface area contributed by atoms with Crippen molar-refractivity contribution in [2.24, 2.45) is 0 Å². The summed E-state index contributed by atoms with van der Waals surface area (Å²) in [5.41, 5.74) is 0.502. The SMILES string of the molecule is COCCn1ncc(NCCn2cccn2)c(Br)c1=O. The highest BCUT2D eigenvalue weighted by Gasteiger charge is 2.08. The molecule has 2 heterocycles. The first-order valence-electron chi connectivity index (χ1n) is 6.18. The molecule has 0 bridgehead atoms. The molecule has 8 heteroatoms. The number of hydrogen-bond donors (Lipinski definition) is 1. The molecule has 0 aliphatic carbocycles. The van der Waals surface area contributed by atoms with Gasteiger partial charge in [0.1, 0.15) is 4.47 Å². The van der Waals surface area contributed by atoms with Crippen LogP contribution in [0.1, 0.15) is 0 Å². The van der Waals surface area contributed by atoms with Crippen molar-refractivity contribution >= 4 is 21.6 Å². The second-order valence-corrected chi connectivity index (χ2v) is 4.88. The van der Waals surface area contributed by atoms with Gasteiger partial charge in [-0.05, 0) is 22.0 Å². The Bertz CT molecular complexity index is 596. The molecule has 0 saturated heterocycles. The first-order chi connectivity index (χ1) is 9.72. The fourth-order valence-electron chi connectivity index (χ4n) is 1.66. The molecule has 0 aliphatic heterocycles. The summed E-state index contributed by atoms with van der Waals surface area (Å²) >= 11 is 3.30. The maximum absolute atomic E-state index is 12.0. The molecule has 2 aromatic rings. The molecule has 2 aromatic heterocycles. The van der Waals surface area contributed by atoms with Gasteiger partial charge < -0.3 is 10.1 Å². The topological polar surface area (TPSA) is 74.0 Å². The van der Waals surface area contributed by atoms with Crippen LogP contribution in [0, 0.1) is 0 Å². The molecule has 108 valence electrons. The third-order valence-electron chi connectivity index (χ3n) is 2.71. The number of hydrogen-bond acceptors (Lipinski definition) is 5. The van der Waals surface area contributed by atoms with Gasteiger partial charge >= 0.3 is 0 Å². The molecule has 0 atom stereocenters. The van der Waals surface area contributed by atoms with Gasteiger partial charge in [-0.2, -0.15) is 10.2 Å². The third-order valence-corrected chi connectivity index (χ3v) is 3.47. The van der Waals surface area contributed by atoms with E-state index in [-0.39, 0.29) is 5.56 Å². The fourth-order valence-corrected chi connectivity index (χ4v) is 2.11. The lowest BCUT2D eigenvalue weighted by atomic mass is 10.4. The van der Waals surface area contributed by atoms with Gasteiger partial charge in [-0.15, -0.1) is 0 Å². The summed E-state index contributed by atoms with van der Waals surface area (Å²) < 4.78 is 8.59. The van der Waals surface area contributed by atoms with Gasteiger partial charge in [0.25, 0.3) is 5.56 Å². The summed E-state index contributed by atoms with van der Waals surface area (Å²) in [6.07, 6.45) is 5.25. The van der Waals surface area contributed by atoms with Crippen molar-refractivity contribution in [3.63, 3.8) is 0 Å². The number of nitrogens with one attached hydrogen (secondary N) is 1. The monoisotopic (exact) mass is 341 g/mol. The lowest BCUT2D eigenvalue weighted by Gasteiger charge is -2.10. The van der Waals surface area contributed by atoms with Crippen molar-refractivity contribution < 1.29 is 4.74 Å². The third kappa shape index (κ3) is 3.67. The normalized spacial score (nSPS) is 10.7. The van der Waals surface area contributed by atoms with Gasteiger partial charge in [0.15, 0.2) is 0 Å². The van der Waals surface area contributed by atoms with Gasteiger partial charge in [0, 0.05) is 26.0 Å². The van der Waals surface area contributed by atoms with Crippen molar-refractivity contribution in [3.05, 3.63) is 39.5 Å². The van der Waals surface area contributed by atoms with Crippen LogP contribution < -0.4 is 10.9 Å². The second kappa shape index (κ2) is 7.20. The summed E-state index contributed by atoms with van der Waals surface area (Å²) in [4.78, 5) is 12.0. The lowest BCUT2D eigenvalue weighted by molar-refractivity contribution is 0.181. The van der Waals surface area contributed by atoms with Crippen LogP contribution in [0.3, 0.4) is 0 Å². The van der Waals surface area contributed by atoms with Crippen LogP contribution in [0.5, 0.6) is 0 Å². The Kier molecular flexibility index (Phi) is 5.31. The average molecular weight is 342 g/mol. The Hall–Kier alpha value is -1.67. The molecule has 0 aliphatic rings. The predicted molar refractivity (Wildman–Crippen MR) is 78.8 cm³/mol. The number of ether oxygens (including phenoxy) is 1. The molecule has 1 N–H and O–H groups in total. The molecule has 2 rings (SSSR count). The van der Waals surface area contributed by atoms with Crippen molar-refractivity contribution in [2.45, 2.75) is 13.1 Å². The average Bonchev–Trinajstić information content (AvgIpc) is 2.96. The molecule has 0 aromatic carbocycles. The molecule has 0 fully saturated rings. The predicted octanol–water partition coefficient (Wildman–Crippen LogP) is 0.961. The van der Waals surface area contributed by atoms with E-state index in [0.29, 0.717) is 36.4 Å². The van der Waals surface area contributed by atoms with E-state index in [1.165, 1.54) is 4.68 Å². The quantitative estimate of drug-likeness (QED) is 0.811. The van der Waals surface area contributed by atoms with E-state index >= 15 is 0 Å². The maximum atomic E-state index is 12.0. The van der Waals surface area contributed by atoms with E-state index in [9.17, 15) is 4.79 Å². The molecule has 0 saturated carbocycles. The van der Waals surface area contributed by atoms with Crippen LogP contribution in [0.15, 0.2) is 33.9 Å². The minimum absolute atomic E-state index is 0.175. The number of rotatable bonds is 7. The largest absolute Gasteiger partial charge is 0.383 e. The minimum atomic E-state index is -0.175. The van der Waals surface area contributed by atoms with Crippen molar-refractivity contribution in [3.8, 4) is 0 Å². The zero-order valence-electron chi connectivity index (χ0n) is 11.1. The highest BCUT2D eigenvalue weighted by atomic mass is 79.9. The Labute approximate surface area is 124 Å². The van der Waals surface area contributed by atoms with Gasteiger partial charge in [-0.1, -0.05) is 0 Å². The summed E-state index contributed by atoms with van der Waals surface area (Å²) in [5, 5.41) is 11.4. The van der Waals surface area contributed by atoms with Crippen molar-refractivity contribution in [2.75, 3.05) is 25.6 Å². The van der Waals surface area contributed by atoms with Crippen molar-refractivity contribution in [1.29, 1.82) is 0 Å². The summed E-state index contributed by atoms with van der Waals surface area (Å²) in [6.45, 7) is 2.25. The molecular formula is C12H16BrN5O2. The molecular weight excluding hydrogens is 326 g/mol. The number of nitrogens with zero attached hydrogens (tertiary/aromatic N) is 4. The summed E-state index contributed by atoms with van der Waals surface area (Å²) in [7, 11) is 1.59. The van der Waals surface area contributed by atoms with Crippen LogP contribution in [-0.4, -0.2) is 39.8 Å². The van der Waals surface area contributed by atoms with Crippen LogP contribution in [0.25, 0.3) is 0 Å². The first-order valence-corrected chi connectivity index (χ1v) is 6.97. The van der Waals surface area contributed by atoms with E-state index in [2.05, 4.69) is 31.4 Å². The highest BCUT2D eigenvalue weighted by Crippen LogP contribution is 2.15. The van der Waals surface area contributed by atoms with Gasteiger partial charge in [0.05, 0.1) is 31.6 Å². The van der Waals surface area contributed by atoms with E-state index in [4.69, 9.17) is 4.74 Å². The van der Waals surface area contributed by atoms with Gasteiger partial charge in [-0.3, -0.25) is 9.48 Å². The lowest BCUT2D eigenvalue weighted by Crippen LogP contribution is -2.26. The van der Waals surface area contributed by atoms with Gasteiger partial charge in [0.2, 0.25) is 0 Å². The first kappa shape index (κ1) is 14.7. The van der Waals surface area contributed by atoms with E-state index in [1.807, 2.05) is 16.9 Å². The van der Waals surface area contributed by atoms with Crippen molar-refractivity contribution in [1.82, 2.24) is 19.6 Å². The van der Waals surface area contributed by atoms with Crippen LogP contribution >= 0.6 is 15.9 Å². The second-order valence-electron chi connectivity index (χ2n) is 4.09. The minimum Gasteiger partial charge on any atom is -0.383 e. The Morgan fingerprint density at radius 3 is 2.95 bits per heavy atom. The number of anilines is 1. The number of halogens is 1. The molecule has 20 heavy (non-hydrogen) atoms. The summed E-state index contributed by atoms with van der Waals surface area (Å²) in [5.74, 6) is 0. The van der Waals surface area contributed by atoms with Crippen LogP contribution in [0.2, 0.25) is 0 Å². The zero-order valence-corrected chi connectivity index (χ0v) is 12.7. The van der Waals surface area contributed by atoms with E-state index in [1.54, 1.807) is 19.5 Å². The number of aromatic nitrogens is 4. The fraction of sp³-hybridized carbons (Fsp3) is 0.417. The Morgan fingerprint density at radius 2 is 2.25 bits per heavy atom. The maximum Gasteiger partial charge on any atom is 0.283 e. The Balaban J connectivity index is 1.98. The summed E-state index contributed by atoms with van der Waals surface area (Å²) in [6, 6.07) is 1.87. The molecule has 0 spiro atoms. The van der Waals surface area contributed by atoms with Crippen LogP contribution in [0.4, 0.5) is 5.69 Å². The smallest absolute Gasteiger partial charge is 0.283 e. The molecule has 0 unspecified atom stereocenters. The van der Waals surface area contributed by atoms with Gasteiger partial charge in [-0.25, -0.2) is 4.68 Å². The zero-order chi connectivity index (χ0) is 14.4. The number of methoxy groups -OCH3 is 1.